The highest BCUT2D eigenvalue weighted by Crippen LogP contribution is 2.34. The lowest BCUT2D eigenvalue weighted by atomic mass is 9.87. The van der Waals surface area contributed by atoms with Crippen molar-refractivity contribution in [3.63, 3.8) is 0 Å². The summed E-state index contributed by atoms with van der Waals surface area (Å²) in [6, 6.07) is 4.37. The van der Waals surface area contributed by atoms with Crippen LogP contribution in [-0.2, 0) is 0 Å². The largest absolute Gasteiger partial charge is 0.393 e. The Balaban J connectivity index is 1.83. The third-order valence-corrected chi connectivity index (χ3v) is 4.32. The molecule has 0 unspecified atom stereocenters. The Morgan fingerprint density at radius 1 is 1.25 bits per heavy atom. The first-order valence-electron chi connectivity index (χ1n) is 6.60. The number of benzene rings is 1. The maximum atomic E-state index is 13.1. The standard InChI is InChI=1S/C14H14BrFN2O2/c15-12-7-9(16)3-6-11(12)13-17-14(20-18-13)8-1-4-10(19)5-2-8/h3,6-8,10,19H,1-2,4-5H2. The van der Waals surface area contributed by atoms with Gasteiger partial charge < -0.3 is 9.63 Å². The summed E-state index contributed by atoms with van der Waals surface area (Å²) in [6.07, 6.45) is 3.03. The van der Waals surface area contributed by atoms with E-state index in [1.54, 1.807) is 6.07 Å². The molecule has 1 aromatic heterocycles. The monoisotopic (exact) mass is 340 g/mol. The Labute approximate surface area is 124 Å². The van der Waals surface area contributed by atoms with Gasteiger partial charge in [0.1, 0.15) is 5.82 Å². The number of aliphatic hydroxyl groups excluding tert-OH is 1. The number of hydrogen-bond acceptors (Lipinski definition) is 4. The van der Waals surface area contributed by atoms with Crippen molar-refractivity contribution in [2.24, 2.45) is 0 Å². The molecule has 0 saturated heterocycles. The highest BCUT2D eigenvalue weighted by atomic mass is 79.9. The van der Waals surface area contributed by atoms with Gasteiger partial charge in [0.25, 0.3) is 0 Å². The Morgan fingerprint density at radius 3 is 2.70 bits per heavy atom. The fourth-order valence-electron chi connectivity index (χ4n) is 2.50. The fraction of sp³-hybridized carbons (Fsp3) is 0.429. The van der Waals surface area contributed by atoms with Crippen LogP contribution in [0.1, 0.15) is 37.5 Å². The van der Waals surface area contributed by atoms with E-state index in [0.29, 0.717) is 21.8 Å². The first kappa shape index (κ1) is 13.7. The van der Waals surface area contributed by atoms with Crippen LogP contribution in [0, 0.1) is 5.82 Å². The highest BCUT2D eigenvalue weighted by molar-refractivity contribution is 9.10. The summed E-state index contributed by atoms with van der Waals surface area (Å²) in [5, 5.41) is 13.5. The predicted molar refractivity (Wildman–Crippen MR) is 74.6 cm³/mol. The molecule has 0 bridgehead atoms. The van der Waals surface area contributed by atoms with Crippen LogP contribution in [0.4, 0.5) is 4.39 Å². The predicted octanol–water partition coefficient (Wildman–Crippen LogP) is 3.66. The number of hydrogen-bond donors (Lipinski definition) is 1. The summed E-state index contributed by atoms with van der Waals surface area (Å²) in [5.41, 5.74) is 0.706. The third-order valence-electron chi connectivity index (χ3n) is 3.66. The molecule has 0 radical (unpaired) electrons. The smallest absolute Gasteiger partial charge is 0.230 e. The van der Waals surface area contributed by atoms with E-state index in [0.717, 1.165) is 25.7 Å². The van der Waals surface area contributed by atoms with Crippen LogP contribution in [-0.4, -0.2) is 21.4 Å². The molecule has 1 aliphatic rings. The minimum absolute atomic E-state index is 0.207. The van der Waals surface area contributed by atoms with E-state index in [1.807, 2.05) is 0 Å². The second-order valence-corrected chi connectivity index (χ2v) is 5.94. The molecule has 4 nitrogen and oxygen atoms in total. The minimum Gasteiger partial charge on any atom is -0.393 e. The normalized spacial score (nSPS) is 22.9. The summed E-state index contributed by atoms with van der Waals surface area (Å²) in [6.45, 7) is 0. The van der Waals surface area contributed by atoms with Gasteiger partial charge >= 0.3 is 0 Å². The topological polar surface area (TPSA) is 59.2 Å². The number of halogens is 2. The summed E-state index contributed by atoms with van der Waals surface area (Å²) < 4.78 is 19.0. The van der Waals surface area contributed by atoms with E-state index in [4.69, 9.17) is 4.52 Å². The molecule has 1 aromatic carbocycles. The maximum Gasteiger partial charge on any atom is 0.230 e. The van der Waals surface area contributed by atoms with Crippen molar-refractivity contribution in [3.8, 4) is 11.4 Å². The average Bonchev–Trinajstić information content (AvgIpc) is 2.89. The summed E-state index contributed by atoms with van der Waals surface area (Å²) in [4.78, 5) is 4.41. The molecule has 6 heteroatoms. The fourth-order valence-corrected chi connectivity index (χ4v) is 3.03. The van der Waals surface area contributed by atoms with Gasteiger partial charge in [-0.25, -0.2) is 4.39 Å². The minimum atomic E-state index is -0.314. The van der Waals surface area contributed by atoms with Gasteiger partial charge in [-0.05, 0) is 59.8 Å². The first-order chi connectivity index (χ1) is 9.63. The zero-order chi connectivity index (χ0) is 14.1. The number of aromatic nitrogens is 2. The maximum absolute atomic E-state index is 13.1. The lowest BCUT2D eigenvalue weighted by Gasteiger charge is -2.22. The summed E-state index contributed by atoms with van der Waals surface area (Å²) in [7, 11) is 0. The van der Waals surface area contributed by atoms with Crippen LogP contribution in [0.3, 0.4) is 0 Å². The van der Waals surface area contributed by atoms with Gasteiger partial charge in [0, 0.05) is 16.0 Å². The molecule has 0 amide bonds. The first-order valence-corrected chi connectivity index (χ1v) is 7.40. The van der Waals surface area contributed by atoms with Gasteiger partial charge in [-0.3, -0.25) is 0 Å². The van der Waals surface area contributed by atoms with Gasteiger partial charge in [0.2, 0.25) is 11.7 Å². The molecule has 1 fully saturated rings. The Kier molecular flexibility index (Phi) is 3.85. The van der Waals surface area contributed by atoms with E-state index < -0.39 is 0 Å². The summed E-state index contributed by atoms with van der Waals surface area (Å²) in [5.74, 6) is 0.950. The number of aliphatic hydroxyl groups is 1. The quantitative estimate of drug-likeness (QED) is 0.906. The number of nitrogens with zero attached hydrogens (tertiary/aromatic N) is 2. The third kappa shape index (κ3) is 2.76. The molecule has 3 rings (SSSR count). The molecular formula is C14H14BrFN2O2. The van der Waals surface area contributed by atoms with Crippen molar-refractivity contribution < 1.29 is 14.0 Å². The second-order valence-electron chi connectivity index (χ2n) is 5.09. The Morgan fingerprint density at radius 2 is 2.00 bits per heavy atom. The van der Waals surface area contributed by atoms with Gasteiger partial charge in [-0.2, -0.15) is 4.98 Å². The highest BCUT2D eigenvalue weighted by Gasteiger charge is 2.25. The van der Waals surface area contributed by atoms with Gasteiger partial charge in [-0.1, -0.05) is 5.16 Å². The number of rotatable bonds is 2. The van der Waals surface area contributed by atoms with Gasteiger partial charge in [0.15, 0.2) is 0 Å². The molecular weight excluding hydrogens is 327 g/mol. The average molecular weight is 341 g/mol. The molecule has 2 aromatic rings. The zero-order valence-corrected chi connectivity index (χ0v) is 12.3. The second kappa shape index (κ2) is 5.61. The SMILES string of the molecule is OC1CCC(c2nc(-c3ccc(F)cc3Br)no2)CC1. The van der Waals surface area contributed by atoms with Crippen LogP contribution < -0.4 is 0 Å². The van der Waals surface area contributed by atoms with Crippen LogP contribution in [0.15, 0.2) is 27.2 Å². The van der Waals surface area contributed by atoms with Crippen molar-refractivity contribution in [1.82, 2.24) is 10.1 Å². The van der Waals surface area contributed by atoms with Gasteiger partial charge in [0.05, 0.1) is 6.10 Å². The molecule has 0 atom stereocenters. The zero-order valence-electron chi connectivity index (χ0n) is 10.7. The molecule has 20 heavy (non-hydrogen) atoms. The van der Waals surface area contributed by atoms with Crippen molar-refractivity contribution >= 4 is 15.9 Å². The van der Waals surface area contributed by atoms with E-state index in [9.17, 15) is 9.50 Å². The van der Waals surface area contributed by atoms with Gasteiger partial charge in [-0.15, -0.1) is 0 Å². The molecule has 0 aliphatic heterocycles. The van der Waals surface area contributed by atoms with Crippen LogP contribution in [0.5, 0.6) is 0 Å². The molecule has 0 spiro atoms. The van der Waals surface area contributed by atoms with Crippen molar-refractivity contribution in [1.29, 1.82) is 0 Å². The van der Waals surface area contributed by atoms with Crippen LogP contribution >= 0.6 is 15.9 Å². The van der Waals surface area contributed by atoms with E-state index in [-0.39, 0.29) is 17.8 Å². The molecule has 1 N–H and O–H groups in total. The van der Waals surface area contributed by atoms with Crippen molar-refractivity contribution in [2.45, 2.75) is 37.7 Å². The Bertz CT molecular complexity index is 609. The van der Waals surface area contributed by atoms with Crippen LogP contribution in [0.2, 0.25) is 0 Å². The van der Waals surface area contributed by atoms with E-state index in [1.165, 1.54) is 12.1 Å². The van der Waals surface area contributed by atoms with Crippen molar-refractivity contribution in [3.05, 3.63) is 34.4 Å². The summed E-state index contributed by atoms with van der Waals surface area (Å²) >= 11 is 3.30. The van der Waals surface area contributed by atoms with Crippen LogP contribution in [0.25, 0.3) is 11.4 Å². The van der Waals surface area contributed by atoms with Crippen molar-refractivity contribution in [2.75, 3.05) is 0 Å². The Hall–Kier alpha value is -1.27. The van der Waals surface area contributed by atoms with E-state index >= 15 is 0 Å². The lowest BCUT2D eigenvalue weighted by molar-refractivity contribution is 0.116. The lowest BCUT2D eigenvalue weighted by Crippen LogP contribution is -2.17. The van der Waals surface area contributed by atoms with E-state index in [2.05, 4.69) is 26.1 Å². The molecule has 106 valence electrons. The molecule has 1 aliphatic carbocycles. The molecule has 1 heterocycles. The molecule has 1 saturated carbocycles.